The molecule has 0 aromatic heterocycles. The van der Waals surface area contributed by atoms with Crippen LogP contribution < -0.4 is 10.0 Å². The molecule has 0 saturated carbocycles. The first-order chi connectivity index (χ1) is 10.4. The van der Waals surface area contributed by atoms with Gasteiger partial charge in [0.15, 0.2) is 0 Å². The largest absolute Gasteiger partial charge is 0.465 e. The number of rotatable bonds is 6. The predicted molar refractivity (Wildman–Crippen MR) is 83.3 cm³/mol. The summed E-state index contributed by atoms with van der Waals surface area (Å²) < 4.78 is 32.1. The lowest BCUT2D eigenvalue weighted by atomic mass is 10.1. The number of nitrogens with one attached hydrogen (secondary N) is 2. The van der Waals surface area contributed by atoms with Gasteiger partial charge < -0.3 is 10.1 Å². The second-order valence-electron chi connectivity index (χ2n) is 5.52. The van der Waals surface area contributed by atoms with Gasteiger partial charge in [0.05, 0.1) is 17.6 Å². The van der Waals surface area contributed by atoms with Gasteiger partial charge in [0.25, 0.3) is 0 Å². The van der Waals surface area contributed by atoms with Crippen molar-refractivity contribution in [3.63, 3.8) is 0 Å². The average molecular weight is 326 g/mol. The molecular formula is C15H22N2O4S. The number of benzene rings is 1. The number of carbonyl (C=O) groups is 1. The van der Waals surface area contributed by atoms with Gasteiger partial charge in [-0.3, -0.25) is 0 Å². The summed E-state index contributed by atoms with van der Waals surface area (Å²) in [6, 6.07) is 4.53. The number of hydrogen-bond donors (Lipinski definition) is 2. The third kappa shape index (κ3) is 4.06. The van der Waals surface area contributed by atoms with E-state index in [9.17, 15) is 13.2 Å². The van der Waals surface area contributed by atoms with Crippen LogP contribution in [-0.4, -0.2) is 41.1 Å². The van der Waals surface area contributed by atoms with Crippen molar-refractivity contribution in [2.24, 2.45) is 5.92 Å². The van der Waals surface area contributed by atoms with Gasteiger partial charge in [-0.05, 0) is 56.5 Å². The molecule has 1 aliphatic heterocycles. The second-order valence-corrected chi connectivity index (χ2v) is 7.25. The Morgan fingerprint density at radius 2 is 2.23 bits per heavy atom. The Kier molecular flexibility index (Phi) is 5.55. The molecule has 0 radical (unpaired) electrons. The summed E-state index contributed by atoms with van der Waals surface area (Å²) in [4.78, 5) is 11.7. The van der Waals surface area contributed by atoms with Crippen LogP contribution in [-0.2, 0) is 14.8 Å². The number of esters is 1. The molecule has 2 N–H and O–H groups in total. The molecule has 0 aliphatic carbocycles. The standard InChI is InChI=1S/C15H22N2O4S/c1-11-3-4-13(15(18)21-2)9-14(11)22(19,20)17-8-6-12-5-7-16-10-12/h3-4,9,12,16-17H,5-8,10H2,1-2H3. The van der Waals surface area contributed by atoms with Crippen molar-refractivity contribution in [1.29, 1.82) is 0 Å². The van der Waals surface area contributed by atoms with Gasteiger partial charge in [-0.25, -0.2) is 17.9 Å². The van der Waals surface area contributed by atoms with Crippen molar-refractivity contribution in [3.05, 3.63) is 29.3 Å². The van der Waals surface area contributed by atoms with Gasteiger partial charge in [0.1, 0.15) is 0 Å². The molecule has 1 aromatic rings. The van der Waals surface area contributed by atoms with E-state index in [1.54, 1.807) is 19.1 Å². The first-order valence-electron chi connectivity index (χ1n) is 7.33. The number of methoxy groups -OCH3 is 1. The highest BCUT2D eigenvalue weighted by Crippen LogP contribution is 2.18. The molecule has 1 fully saturated rings. The number of sulfonamides is 1. The zero-order valence-electron chi connectivity index (χ0n) is 12.9. The molecule has 1 saturated heterocycles. The summed E-state index contributed by atoms with van der Waals surface area (Å²) >= 11 is 0. The highest BCUT2D eigenvalue weighted by atomic mass is 32.2. The Morgan fingerprint density at radius 1 is 1.45 bits per heavy atom. The number of carbonyl (C=O) groups excluding carboxylic acids is 1. The van der Waals surface area contributed by atoms with Gasteiger partial charge in [-0.15, -0.1) is 0 Å². The van der Waals surface area contributed by atoms with Crippen molar-refractivity contribution < 1.29 is 17.9 Å². The maximum absolute atomic E-state index is 12.4. The zero-order chi connectivity index (χ0) is 16.2. The van der Waals surface area contributed by atoms with E-state index in [2.05, 4.69) is 14.8 Å². The topological polar surface area (TPSA) is 84.5 Å². The summed E-state index contributed by atoms with van der Waals surface area (Å²) in [7, 11) is -2.36. The minimum atomic E-state index is -3.63. The van der Waals surface area contributed by atoms with Gasteiger partial charge in [-0.1, -0.05) is 6.07 Å². The molecule has 0 spiro atoms. The lowest BCUT2D eigenvalue weighted by Gasteiger charge is -2.12. The Labute approximate surface area is 131 Å². The van der Waals surface area contributed by atoms with Crippen LogP contribution in [0.5, 0.6) is 0 Å². The van der Waals surface area contributed by atoms with Crippen LogP contribution in [0.1, 0.15) is 28.8 Å². The minimum absolute atomic E-state index is 0.125. The Morgan fingerprint density at radius 3 is 2.86 bits per heavy atom. The Hall–Kier alpha value is -1.44. The maximum atomic E-state index is 12.4. The second kappa shape index (κ2) is 7.21. The molecule has 0 amide bonds. The molecule has 0 bridgehead atoms. The monoisotopic (exact) mass is 326 g/mol. The van der Waals surface area contributed by atoms with E-state index in [4.69, 9.17) is 0 Å². The van der Waals surface area contributed by atoms with E-state index in [0.717, 1.165) is 25.9 Å². The average Bonchev–Trinajstić information content (AvgIpc) is 3.00. The summed E-state index contributed by atoms with van der Waals surface area (Å²) in [6.45, 7) is 4.05. The summed E-state index contributed by atoms with van der Waals surface area (Å²) in [5.41, 5.74) is 0.830. The van der Waals surface area contributed by atoms with E-state index >= 15 is 0 Å². The molecule has 122 valence electrons. The van der Waals surface area contributed by atoms with E-state index < -0.39 is 16.0 Å². The molecule has 6 nitrogen and oxygen atoms in total. The number of aryl methyl sites for hydroxylation is 1. The highest BCUT2D eigenvalue weighted by molar-refractivity contribution is 7.89. The molecule has 1 unspecified atom stereocenters. The quantitative estimate of drug-likeness (QED) is 0.764. The van der Waals surface area contributed by atoms with E-state index in [0.29, 0.717) is 18.0 Å². The summed E-state index contributed by atoms with van der Waals surface area (Å²) in [5.74, 6) is -0.0290. The Bertz CT molecular complexity index is 637. The van der Waals surface area contributed by atoms with Gasteiger partial charge in [0.2, 0.25) is 10.0 Å². The van der Waals surface area contributed by atoms with Crippen molar-refractivity contribution in [2.45, 2.75) is 24.7 Å². The molecule has 1 atom stereocenters. The first-order valence-corrected chi connectivity index (χ1v) is 8.81. The van der Waals surface area contributed by atoms with Crippen molar-refractivity contribution >= 4 is 16.0 Å². The molecular weight excluding hydrogens is 304 g/mol. The molecule has 22 heavy (non-hydrogen) atoms. The van der Waals surface area contributed by atoms with Crippen LogP contribution in [0.4, 0.5) is 0 Å². The van der Waals surface area contributed by atoms with Crippen LogP contribution in [0.15, 0.2) is 23.1 Å². The van der Waals surface area contributed by atoms with Crippen LogP contribution in [0.3, 0.4) is 0 Å². The van der Waals surface area contributed by atoms with Gasteiger partial charge in [0, 0.05) is 6.54 Å². The third-order valence-corrected chi connectivity index (χ3v) is 5.51. The SMILES string of the molecule is COC(=O)c1ccc(C)c(S(=O)(=O)NCCC2CCNC2)c1. The molecule has 1 heterocycles. The van der Waals surface area contributed by atoms with Crippen LogP contribution in [0.2, 0.25) is 0 Å². The maximum Gasteiger partial charge on any atom is 0.337 e. The lowest BCUT2D eigenvalue weighted by Crippen LogP contribution is -2.27. The van der Waals surface area contributed by atoms with Crippen molar-refractivity contribution in [2.75, 3.05) is 26.7 Å². The fourth-order valence-electron chi connectivity index (χ4n) is 2.57. The summed E-state index contributed by atoms with van der Waals surface area (Å²) in [5, 5.41) is 3.26. The molecule has 7 heteroatoms. The van der Waals surface area contributed by atoms with Crippen molar-refractivity contribution in [3.8, 4) is 0 Å². The zero-order valence-corrected chi connectivity index (χ0v) is 13.7. The Balaban J connectivity index is 2.08. The molecule has 1 aromatic carbocycles. The van der Waals surface area contributed by atoms with Crippen LogP contribution >= 0.6 is 0 Å². The van der Waals surface area contributed by atoms with E-state index in [-0.39, 0.29) is 10.5 Å². The number of hydrogen-bond acceptors (Lipinski definition) is 5. The summed E-state index contributed by atoms with van der Waals surface area (Å²) in [6.07, 6.45) is 1.89. The smallest absolute Gasteiger partial charge is 0.337 e. The normalized spacial score (nSPS) is 18.4. The van der Waals surface area contributed by atoms with Crippen molar-refractivity contribution in [1.82, 2.24) is 10.0 Å². The van der Waals surface area contributed by atoms with Crippen LogP contribution in [0.25, 0.3) is 0 Å². The van der Waals surface area contributed by atoms with Gasteiger partial charge in [-0.2, -0.15) is 0 Å². The lowest BCUT2D eigenvalue weighted by molar-refractivity contribution is 0.0600. The molecule has 1 aliphatic rings. The van der Waals surface area contributed by atoms with E-state index in [1.165, 1.54) is 13.2 Å². The third-order valence-electron chi connectivity index (χ3n) is 3.91. The van der Waals surface area contributed by atoms with E-state index in [1.807, 2.05) is 0 Å². The fraction of sp³-hybridized carbons (Fsp3) is 0.533. The minimum Gasteiger partial charge on any atom is -0.465 e. The van der Waals surface area contributed by atoms with Gasteiger partial charge >= 0.3 is 5.97 Å². The number of ether oxygens (including phenoxy) is 1. The van der Waals surface area contributed by atoms with Crippen LogP contribution in [0, 0.1) is 12.8 Å². The highest BCUT2D eigenvalue weighted by Gasteiger charge is 2.20. The predicted octanol–water partition coefficient (Wildman–Crippen LogP) is 1.06. The fourth-order valence-corrected chi connectivity index (χ4v) is 3.89. The molecule has 2 rings (SSSR count). The first kappa shape index (κ1) is 16.9.